The molecule has 2 aromatic heterocycles. The molecule has 4 aromatic rings. The van der Waals surface area contributed by atoms with Crippen molar-refractivity contribution in [2.24, 2.45) is 0 Å². The highest BCUT2D eigenvalue weighted by atomic mass is 15.1. The molecule has 2 heterocycles. The van der Waals surface area contributed by atoms with Crippen LogP contribution in [0.15, 0.2) is 42.5 Å². The Bertz CT molecular complexity index is 978. The first-order valence-corrected chi connectivity index (χ1v) is 6.23. The molecular formula is C15H11N5. The van der Waals surface area contributed by atoms with Crippen LogP contribution in [-0.4, -0.2) is 15.0 Å². The molecule has 4 rings (SSSR count). The van der Waals surface area contributed by atoms with Gasteiger partial charge in [-0.25, -0.2) is 4.98 Å². The lowest BCUT2D eigenvalue weighted by Crippen LogP contribution is -2.01. The summed E-state index contributed by atoms with van der Waals surface area (Å²) >= 11 is 0. The number of hydrogen-bond donors (Lipinski definition) is 2. The molecule has 96 valence electrons. The van der Waals surface area contributed by atoms with Gasteiger partial charge in [0.1, 0.15) is 5.82 Å². The third-order valence-electron chi connectivity index (χ3n) is 3.42. The average Bonchev–Trinajstić information content (AvgIpc) is 2.45. The number of rotatable bonds is 0. The number of fused-ring (bicyclic) bond motifs is 4. The number of benzene rings is 2. The van der Waals surface area contributed by atoms with Crippen molar-refractivity contribution in [1.82, 2.24) is 15.0 Å². The van der Waals surface area contributed by atoms with E-state index >= 15 is 0 Å². The minimum atomic E-state index is 0.141. The third kappa shape index (κ3) is 1.46. The number of anilines is 2. The molecule has 0 aliphatic heterocycles. The predicted molar refractivity (Wildman–Crippen MR) is 81.2 cm³/mol. The maximum Gasteiger partial charge on any atom is 0.224 e. The third-order valence-corrected chi connectivity index (χ3v) is 3.42. The normalized spacial score (nSPS) is 11.4. The number of aromatic nitrogens is 3. The Morgan fingerprint density at radius 1 is 0.750 bits per heavy atom. The molecule has 0 saturated carbocycles. The zero-order valence-electron chi connectivity index (χ0n) is 10.5. The van der Waals surface area contributed by atoms with E-state index in [0.717, 1.165) is 27.1 Å². The lowest BCUT2D eigenvalue weighted by molar-refractivity contribution is 1.22. The van der Waals surface area contributed by atoms with Gasteiger partial charge >= 0.3 is 0 Å². The van der Waals surface area contributed by atoms with E-state index in [4.69, 9.17) is 11.5 Å². The molecule has 0 radical (unpaired) electrons. The molecule has 0 saturated heterocycles. The van der Waals surface area contributed by atoms with E-state index in [-0.39, 0.29) is 5.95 Å². The maximum absolute atomic E-state index is 5.89. The fourth-order valence-corrected chi connectivity index (χ4v) is 2.49. The van der Waals surface area contributed by atoms with Crippen LogP contribution in [0.1, 0.15) is 0 Å². The van der Waals surface area contributed by atoms with Crippen LogP contribution >= 0.6 is 0 Å². The smallest absolute Gasteiger partial charge is 0.224 e. The van der Waals surface area contributed by atoms with Gasteiger partial charge in [-0.15, -0.1) is 0 Å². The summed E-state index contributed by atoms with van der Waals surface area (Å²) in [6, 6.07) is 14.2. The zero-order chi connectivity index (χ0) is 13.7. The summed E-state index contributed by atoms with van der Waals surface area (Å²) in [6.07, 6.45) is 0. The van der Waals surface area contributed by atoms with Crippen LogP contribution in [0.2, 0.25) is 0 Å². The first-order chi connectivity index (χ1) is 9.72. The van der Waals surface area contributed by atoms with Crippen LogP contribution in [-0.2, 0) is 0 Å². The Morgan fingerprint density at radius 3 is 2.45 bits per heavy atom. The quantitative estimate of drug-likeness (QED) is 0.375. The van der Waals surface area contributed by atoms with Gasteiger partial charge in [-0.1, -0.05) is 36.4 Å². The number of nitrogen functional groups attached to an aromatic ring is 2. The van der Waals surface area contributed by atoms with Crippen molar-refractivity contribution in [3.05, 3.63) is 42.5 Å². The van der Waals surface area contributed by atoms with Gasteiger partial charge < -0.3 is 11.5 Å². The molecule has 5 heteroatoms. The molecular weight excluding hydrogens is 250 g/mol. The van der Waals surface area contributed by atoms with Gasteiger partial charge in [0.05, 0.1) is 10.9 Å². The van der Waals surface area contributed by atoms with Crippen LogP contribution in [0, 0.1) is 0 Å². The van der Waals surface area contributed by atoms with E-state index in [2.05, 4.69) is 27.1 Å². The minimum Gasteiger partial charge on any atom is -0.383 e. The summed E-state index contributed by atoms with van der Waals surface area (Å²) in [7, 11) is 0. The van der Waals surface area contributed by atoms with Crippen molar-refractivity contribution in [1.29, 1.82) is 0 Å². The molecule has 0 spiro atoms. The van der Waals surface area contributed by atoms with Gasteiger partial charge in [-0.05, 0) is 11.5 Å². The molecule has 0 atom stereocenters. The lowest BCUT2D eigenvalue weighted by atomic mass is 10.1. The largest absolute Gasteiger partial charge is 0.383 e. The number of nitrogens with two attached hydrogens (primary N) is 2. The molecule has 20 heavy (non-hydrogen) atoms. The summed E-state index contributed by atoms with van der Waals surface area (Å²) in [5.41, 5.74) is 13.0. The van der Waals surface area contributed by atoms with Crippen molar-refractivity contribution in [3.63, 3.8) is 0 Å². The van der Waals surface area contributed by atoms with Crippen molar-refractivity contribution in [2.75, 3.05) is 11.5 Å². The van der Waals surface area contributed by atoms with E-state index in [1.807, 2.05) is 30.3 Å². The second-order valence-corrected chi connectivity index (χ2v) is 4.69. The second-order valence-electron chi connectivity index (χ2n) is 4.69. The molecule has 2 aromatic carbocycles. The second kappa shape index (κ2) is 3.77. The van der Waals surface area contributed by atoms with Crippen molar-refractivity contribution in [3.8, 4) is 0 Å². The summed E-state index contributed by atoms with van der Waals surface area (Å²) < 4.78 is 0. The van der Waals surface area contributed by atoms with Crippen LogP contribution in [0.3, 0.4) is 0 Å². The summed E-state index contributed by atoms with van der Waals surface area (Å²) in [5, 5.41) is 3.96. The lowest BCUT2D eigenvalue weighted by Gasteiger charge is -2.06. The molecule has 0 aliphatic carbocycles. The highest BCUT2D eigenvalue weighted by Crippen LogP contribution is 2.28. The first kappa shape index (κ1) is 10.9. The van der Waals surface area contributed by atoms with Crippen molar-refractivity contribution >= 4 is 44.5 Å². The van der Waals surface area contributed by atoms with Gasteiger partial charge in [0, 0.05) is 10.8 Å². The van der Waals surface area contributed by atoms with Gasteiger partial charge in [0.15, 0.2) is 5.65 Å². The molecule has 4 N–H and O–H groups in total. The first-order valence-electron chi connectivity index (χ1n) is 6.23. The van der Waals surface area contributed by atoms with E-state index in [1.54, 1.807) is 0 Å². The Balaban J connectivity index is 2.24. The fraction of sp³-hybridized carbons (Fsp3) is 0. The molecule has 0 fully saturated rings. The Morgan fingerprint density at radius 2 is 1.55 bits per heavy atom. The highest BCUT2D eigenvalue weighted by molar-refractivity contribution is 6.09. The fourth-order valence-electron chi connectivity index (χ4n) is 2.49. The number of pyridine rings is 1. The van der Waals surface area contributed by atoms with Crippen molar-refractivity contribution < 1.29 is 0 Å². The summed E-state index contributed by atoms with van der Waals surface area (Å²) in [4.78, 5) is 12.8. The monoisotopic (exact) mass is 261 g/mol. The van der Waals surface area contributed by atoms with Gasteiger partial charge in [-0.3, -0.25) is 0 Å². The standard InChI is InChI=1S/C15H11N5/c16-13-11-7-9-6-5-8-3-1-2-4-10(8)12(9)18-14(11)20-15(17)19-13/h1-7H,(H4,16,17,18,19,20). The van der Waals surface area contributed by atoms with Crippen LogP contribution in [0.25, 0.3) is 32.7 Å². The SMILES string of the molecule is Nc1nc(N)c2cc3ccc4ccccc4c3nc2n1. The molecule has 0 amide bonds. The van der Waals surface area contributed by atoms with Crippen LogP contribution < -0.4 is 11.5 Å². The van der Waals surface area contributed by atoms with Gasteiger partial charge in [0.2, 0.25) is 5.95 Å². The molecule has 0 unspecified atom stereocenters. The Kier molecular flexibility index (Phi) is 2.06. The Hall–Kier alpha value is -2.95. The summed E-state index contributed by atoms with van der Waals surface area (Å²) in [6.45, 7) is 0. The zero-order valence-corrected chi connectivity index (χ0v) is 10.5. The Labute approximate surface area is 114 Å². The summed E-state index contributed by atoms with van der Waals surface area (Å²) in [5.74, 6) is 0.497. The predicted octanol–water partition coefficient (Wildman–Crippen LogP) is 2.50. The molecule has 0 aliphatic rings. The number of hydrogen-bond acceptors (Lipinski definition) is 5. The maximum atomic E-state index is 5.89. The highest BCUT2D eigenvalue weighted by Gasteiger charge is 2.08. The number of nitrogens with zero attached hydrogens (tertiary/aromatic N) is 3. The average molecular weight is 261 g/mol. The van der Waals surface area contributed by atoms with E-state index in [9.17, 15) is 0 Å². The minimum absolute atomic E-state index is 0.141. The topological polar surface area (TPSA) is 90.7 Å². The molecule has 5 nitrogen and oxygen atoms in total. The molecule has 0 bridgehead atoms. The van der Waals surface area contributed by atoms with E-state index < -0.39 is 0 Å². The van der Waals surface area contributed by atoms with E-state index in [0.29, 0.717) is 11.5 Å². The van der Waals surface area contributed by atoms with Gasteiger partial charge in [0.25, 0.3) is 0 Å². The van der Waals surface area contributed by atoms with Crippen LogP contribution in [0.4, 0.5) is 11.8 Å². The van der Waals surface area contributed by atoms with Crippen molar-refractivity contribution in [2.45, 2.75) is 0 Å². The van der Waals surface area contributed by atoms with Crippen LogP contribution in [0.5, 0.6) is 0 Å². The van der Waals surface area contributed by atoms with Gasteiger partial charge in [-0.2, -0.15) is 9.97 Å². The van der Waals surface area contributed by atoms with E-state index in [1.165, 1.54) is 0 Å².